The molecule has 0 bridgehead atoms. The molecule has 2 rings (SSSR count). The van der Waals surface area contributed by atoms with Gasteiger partial charge in [0.25, 0.3) is 0 Å². The quantitative estimate of drug-likeness (QED) is 0.606. The Bertz CT molecular complexity index is 604. The molecule has 0 aliphatic carbocycles. The first-order chi connectivity index (χ1) is 10.0. The van der Waals surface area contributed by atoms with Gasteiger partial charge in [0, 0.05) is 17.2 Å². The first-order valence-electron chi connectivity index (χ1n) is 6.64. The third kappa shape index (κ3) is 3.53. The fourth-order valence-electron chi connectivity index (χ4n) is 2.34. The monoisotopic (exact) mass is 344 g/mol. The van der Waals surface area contributed by atoms with Gasteiger partial charge >= 0.3 is 0 Å². The summed E-state index contributed by atoms with van der Waals surface area (Å²) >= 11 is 18.5. The highest BCUT2D eigenvalue weighted by atomic mass is 35.5. The molecule has 0 radical (unpaired) electrons. The molecule has 112 valence electrons. The maximum absolute atomic E-state index is 13.6. The topological polar surface area (TPSA) is 0 Å². The molecule has 0 N–H and O–H groups in total. The molecule has 4 heteroatoms. The molecular formula is C17H16Cl3F. The number of hydrogen-bond acceptors (Lipinski definition) is 0. The zero-order chi connectivity index (χ0) is 15.5. The lowest BCUT2D eigenvalue weighted by Gasteiger charge is -2.31. The molecular weight excluding hydrogens is 330 g/mol. The van der Waals surface area contributed by atoms with Gasteiger partial charge in [-0.25, -0.2) is 4.39 Å². The molecule has 0 heterocycles. The molecule has 0 atom stereocenters. The lowest BCUT2D eigenvalue weighted by Crippen LogP contribution is -2.33. The minimum Gasteiger partial charge on any atom is -0.205 e. The predicted octanol–water partition coefficient (Wildman–Crippen LogP) is 5.75. The Morgan fingerprint density at radius 3 is 2.19 bits per heavy atom. The van der Waals surface area contributed by atoms with Crippen molar-refractivity contribution in [1.29, 1.82) is 0 Å². The lowest BCUT2D eigenvalue weighted by molar-refractivity contribution is 0.533. The summed E-state index contributed by atoms with van der Waals surface area (Å²) in [5.74, 6) is 0.259. The maximum atomic E-state index is 13.6. The molecule has 0 amide bonds. The van der Waals surface area contributed by atoms with E-state index >= 15 is 0 Å². The first-order valence-corrected chi connectivity index (χ1v) is 8.09. The van der Waals surface area contributed by atoms with Crippen LogP contribution in [0, 0.1) is 12.7 Å². The minimum atomic E-state index is -0.464. The summed E-state index contributed by atoms with van der Waals surface area (Å²) < 4.78 is 13.6. The standard InChI is InChI=1S/C17H16Cl3F/c1-12-5-7-14(8-6-12)17(10-18,11-19)9-13-3-2-4-15(21)16(13)20/h2-8H,9-11H2,1H3. The summed E-state index contributed by atoms with van der Waals surface area (Å²) in [5.41, 5.74) is 2.46. The fourth-order valence-corrected chi connectivity index (χ4v) is 3.32. The van der Waals surface area contributed by atoms with Crippen LogP contribution in [0.2, 0.25) is 5.02 Å². The van der Waals surface area contributed by atoms with Crippen molar-refractivity contribution in [3.63, 3.8) is 0 Å². The van der Waals surface area contributed by atoms with E-state index < -0.39 is 11.2 Å². The number of hydrogen-bond donors (Lipinski definition) is 0. The second-order valence-corrected chi connectivity index (χ2v) is 6.22. The van der Waals surface area contributed by atoms with Crippen molar-refractivity contribution in [3.05, 3.63) is 70.0 Å². The van der Waals surface area contributed by atoms with Gasteiger partial charge in [-0.1, -0.05) is 53.6 Å². The van der Waals surface area contributed by atoms with E-state index in [4.69, 9.17) is 34.8 Å². The van der Waals surface area contributed by atoms with Crippen LogP contribution in [0.25, 0.3) is 0 Å². The van der Waals surface area contributed by atoms with Crippen molar-refractivity contribution < 1.29 is 4.39 Å². The molecule has 0 unspecified atom stereocenters. The van der Waals surface area contributed by atoms with E-state index in [1.807, 2.05) is 37.3 Å². The van der Waals surface area contributed by atoms with Gasteiger partial charge in [0.05, 0.1) is 5.02 Å². The number of alkyl halides is 2. The Labute approximate surface area is 139 Å². The third-order valence-corrected chi connectivity index (χ3v) is 5.18. The smallest absolute Gasteiger partial charge is 0.142 e. The normalized spacial score (nSPS) is 11.7. The third-order valence-electron chi connectivity index (χ3n) is 3.74. The number of halogens is 4. The molecule has 2 aromatic carbocycles. The van der Waals surface area contributed by atoms with Gasteiger partial charge < -0.3 is 0 Å². The van der Waals surface area contributed by atoms with Crippen molar-refractivity contribution in [2.75, 3.05) is 11.8 Å². The molecule has 21 heavy (non-hydrogen) atoms. The maximum Gasteiger partial charge on any atom is 0.142 e. The summed E-state index contributed by atoms with van der Waals surface area (Å²) in [6.07, 6.45) is 0.500. The van der Waals surface area contributed by atoms with Gasteiger partial charge in [0.2, 0.25) is 0 Å². The van der Waals surface area contributed by atoms with Crippen molar-refractivity contribution in [2.45, 2.75) is 18.8 Å². The number of rotatable bonds is 5. The van der Waals surface area contributed by atoms with Crippen LogP contribution in [0.4, 0.5) is 4.39 Å². The van der Waals surface area contributed by atoms with Gasteiger partial charge in [-0.3, -0.25) is 0 Å². The van der Waals surface area contributed by atoms with Gasteiger partial charge in [0.15, 0.2) is 0 Å². The van der Waals surface area contributed by atoms with Crippen molar-refractivity contribution in [2.24, 2.45) is 0 Å². The van der Waals surface area contributed by atoms with Gasteiger partial charge in [-0.05, 0) is 30.5 Å². The summed E-state index contributed by atoms with van der Waals surface area (Å²) in [4.78, 5) is 0. The Morgan fingerprint density at radius 1 is 1.00 bits per heavy atom. The summed E-state index contributed by atoms with van der Waals surface area (Å²) in [5, 5.41) is 0.143. The first kappa shape index (κ1) is 16.6. The van der Waals surface area contributed by atoms with Crippen LogP contribution in [0.15, 0.2) is 42.5 Å². The molecule has 0 aromatic heterocycles. The second-order valence-electron chi connectivity index (χ2n) is 5.30. The van der Waals surface area contributed by atoms with Crippen LogP contribution in [-0.2, 0) is 11.8 Å². The van der Waals surface area contributed by atoms with E-state index in [0.717, 1.165) is 11.1 Å². The lowest BCUT2D eigenvalue weighted by atomic mass is 9.78. The van der Waals surface area contributed by atoms with E-state index in [-0.39, 0.29) is 5.02 Å². The van der Waals surface area contributed by atoms with E-state index in [0.29, 0.717) is 18.2 Å². The van der Waals surface area contributed by atoms with E-state index in [1.165, 1.54) is 11.6 Å². The van der Waals surface area contributed by atoms with E-state index in [1.54, 1.807) is 6.07 Å². The molecule has 0 spiro atoms. The van der Waals surface area contributed by atoms with E-state index in [9.17, 15) is 4.39 Å². The Hall–Kier alpha value is -0.760. The van der Waals surface area contributed by atoms with Crippen LogP contribution in [0.1, 0.15) is 16.7 Å². The zero-order valence-electron chi connectivity index (χ0n) is 11.7. The van der Waals surface area contributed by atoms with Crippen LogP contribution in [0.5, 0.6) is 0 Å². The minimum absolute atomic E-state index is 0.143. The van der Waals surface area contributed by atoms with Crippen molar-refractivity contribution in [3.8, 4) is 0 Å². The van der Waals surface area contributed by atoms with E-state index in [2.05, 4.69) is 0 Å². The van der Waals surface area contributed by atoms with Gasteiger partial charge in [-0.15, -0.1) is 23.2 Å². The van der Waals surface area contributed by atoms with Crippen LogP contribution >= 0.6 is 34.8 Å². The molecule has 0 saturated heterocycles. The largest absolute Gasteiger partial charge is 0.205 e. The number of aryl methyl sites for hydroxylation is 1. The van der Waals surface area contributed by atoms with Crippen LogP contribution in [0.3, 0.4) is 0 Å². The fraction of sp³-hybridized carbons (Fsp3) is 0.294. The summed E-state index contributed by atoms with van der Waals surface area (Å²) in [7, 11) is 0. The van der Waals surface area contributed by atoms with Crippen molar-refractivity contribution in [1.82, 2.24) is 0 Å². The van der Waals surface area contributed by atoms with Gasteiger partial charge in [0.1, 0.15) is 5.82 Å². The van der Waals surface area contributed by atoms with Crippen molar-refractivity contribution >= 4 is 34.8 Å². The molecule has 2 aromatic rings. The molecule has 0 aliphatic heterocycles. The molecule has 0 aliphatic rings. The highest BCUT2D eigenvalue weighted by molar-refractivity contribution is 6.31. The highest BCUT2D eigenvalue weighted by Crippen LogP contribution is 2.34. The average Bonchev–Trinajstić information content (AvgIpc) is 2.50. The van der Waals surface area contributed by atoms with Gasteiger partial charge in [-0.2, -0.15) is 0 Å². The zero-order valence-corrected chi connectivity index (χ0v) is 13.9. The average molecular weight is 346 g/mol. The summed E-state index contributed by atoms with van der Waals surface area (Å²) in [6.45, 7) is 2.02. The SMILES string of the molecule is Cc1ccc(C(CCl)(CCl)Cc2cccc(F)c2Cl)cc1. The van der Waals surface area contributed by atoms with Crippen LogP contribution in [-0.4, -0.2) is 11.8 Å². The molecule has 0 saturated carbocycles. The Balaban J connectivity index is 2.43. The summed E-state index contributed by atoms with van der Waals surface area (Å²) in [6, 6.07) is 12.9. The number of benzene rings is 2. The Kier molecular flexibility index (Phi) is 5.54. The Morgan fingerprint density at radius 2 is 1.62 bits per heavy atom. The highest BCUT2D eigenvalue weighted by Gasteiger charge is 2.32. The van der Waals surface area contributed by atoms with Crippen LogP contribution < -0.4 is 0 Å². The predicted molar refractivity (Wildman–Crippen MR) is 89.4 cm³/mol. The second kappa shape index (κ2) is 7.00. The molecule has 0 fully saturated rings. The molecule has 0 nitrogen and oxygen atoms in total.